The fraction of sp³-hybridized carbons (Fsp3) is 0.837. The van der Waals surface area contributed by atoms with E-state index in [0.717, 1.165) is 38.5 Å². The largest absolute Gasteiger partial charge is 0.498 e. The van der Waals surface area contributed by atoms with Crippen molar-refractivity contribution < 1.29 is 32.8 Å². The number of hydrogen-bond donors (Lipinski definition) is 2. The molecule has 0 aromatic heterocycles. The molecule has 0 fully saturated rings. The van der Waals surface area contributed by atoms with E-state index in [1.165, 1.54) is 141 Å². The summed E-state index contributed by atoms with van der Waals surface area (Å²) in [6.45, 7) is 4.22. The van der Waals surface area contributed by atoms with E-state index >= 15 is 0 Å². The van der Waals surface area contributed by atoms with Crippen molar-refractivity contribution in [2.75, 3.05) is 26.4 Å². The first kappa shape index (κ1) is 50.6. The summed E-state index contributed by atoms with van der Waals surface area (Å²) in [5.41, 5.74) is 5.36. The molecule has 0 rings (SSSR count). The van der Waals surface area contributed by atoms with Crippen molar-refractivity contribution in [2.24, 2.45) is 5.73 Å². The minimum absolute atomic E-state index is 0.0321. The maximum Gasteiger partial charge on any atom is 0.472 e. The standard InChI is InChI=1S/C43H82NO7P/c1-3-5-7-9-11-13-15-17-19-20-21-22-23-24-26-28-30-32-34-36-43(45)51-42(41-50-52(46,47)49-39-37-44)40-48-38-35-33-31-29-27-25-18-16-14-12-10-8-6-4-2/h11,13,17,19,35,38,42H,3-10,12,14-16,18,20-34,36-37,39-41,44H2,1-2H3,(H,46,47)/b13-11+,19-17+,38-35+/t42-/m1/s1. The Bertz CT molecular complexity index is 895. The van der Waals surface area contributed by atoms with Gasteiger partial charge in [-0.2, -0.15) is 0 Å². The van der Waals surface area contributed by atoms with Gasteiger partial charge in [0.25, 0.3) is 0 Å². The number of carbonyl (C=O) groups excluding carboxylic acids is 1. The van der Waals surface area contributed by atoms with Gasteiger partial charge >= 0.3 is 13.8 Å². The number of ether oxygens (including phenoxy) is 2. The number of phosphoric acid groups is 1. The smallest absolute Gasteiger partial charge is 0.472 e. The van der Waals surface area contributed by atoms with Crippen LogP contribution in [0.5, 0.6) is 0 Å². The zero-order valence-corrected chi connectivity index (χ0v) is 34.7. The second kappa shape index (κ2) is 40.7. The minimum Gasteiger partial charge on any atom is -0.498 e. The van der Waals surface area contributed by atoms with Crippen LogP contribution in [0.4, 0.5) is 0 Å². The molecule has 306 valence electrons. The summed E-state index contributed by atoms with van der Waals surface area (Å²) >= 11 is 0. The molecule has 0 saturated heterocycles. The highest BCUT2D eigenvalue weighted by molar-refractivity contribution is 7.47. The lowest BCUT2D eigenvalue weighted by atomic mass is 10.0. The lowest BCUT2D eigenvalue weighted by Gasteiger charge is -2.19. The molecule has 0 aliphatic heterocycles. The number of phosphoric ester groups is 1. The summed E-state index contributed by atoms with van der Waals surface area (Å²) in [4.78, 5) is 22.4. The van der Waals surface area contributed by atoms with Gasteiger partial charge in [0.05, 0.1) is 19.5 Å². The van der Waals surface area contributed by atoms with Gasteiger partial charge in [-0.25, -0.2) is 4.57 Å². The number of hydrogen-bond acceptors (Lipinski definition) is 7. The molecule has 0 aromatic rings. The van der Waals surface area contributed by atoms with Crippen LogP contribution in [0.3, 0.4) is 0 Å². The number of allylic oxidation sites excluding steroid dienone is 5. The molecular formula is C43H82NO7P. The molecule has 0 heterocycles. The molecule has 2 atom stereocenters. The van der Waals surface area contributed by atoms with Gasteiger partial charge in [-0.05, 0) is 57.4 Å². The summed E-state index contributed by atoms with van der Waals surface area (Å²) in [5.74, 6) is -0.356. The topological polar surface area (TPSA) is 117 Å². The van der Waals surface area contributed by atoms with Crippen LogP contribution < -0.4 is 5.73 Å². The average molecular weight is 756 g/mol. The van der Waals surface area contributed by atoms with E-state index in [1.54, 1.807) is 6.26 Å². The molecule has 0 radical (unpaired) electrons. The van der Waals surface area contributed by atoms with Gasteiger partial charge < -0.3 is 20.1 Å². The van der Waals surface area contributed by atoms with Gasteiger partial charge in [0.2, 0.25) is 0 Å². The van der Waals surface area contributed by atoms with Gasteiger partial charge in [-0.1, -0.05) is 167 Å². The minimum atomic E-state index is -4.29. The predicted octanol–water partition coefficient (Wildman–Crippen LogP) is 13.0. The Morgan fingerprint density at radius 3 is 1.56 bits per heavy atom. The van der Waals surface area contributed by atoms with Gasteiger partial charge in [0.1, 0.15) is 6.61 Å². The number of nitrogens with two attached hydrogens (primary N) is 1. The van der Waals surface area contributed by atoms with Crippen molar-refractivity contribution in [3.63, 3.8) is 0 Å². The summed E-state index contributed by atoms with van der Waals surface area (Å²) in [6, 6.07) is 0. The van der Waals surface area contributed by atoms with Crippen LogP contribution in [-0.4, -0.2) is 43.3 Å². The normalized spacial score (nSPS) is 13.8. The Morgan fingerprint density at radius 2 is 1.04 bits per heavy atom. The molecule has 8 nitrogen and oxygen atoms in total. The van der Waals surface area contributed by atoms with Gasteiger partial charge in [0, 0.05) is 13.0 Å². The van der Waals surface area contributed by atoms with E-state index in [4.69, 9.17) is 24.3 Å². The molecule has 0 aliphatic rings. The zero-order valence-electron chi connectivity index (χ0n) is 33.8. The SMILES string of the molecule is CCCCC/C=C/C/C=C/CCCCCCCCCCCC(=O)O[C@H](CO/C=C/CCCCCCCCCCCCCC)COP(=O)(O)OCCN. The predicted molar refractivity (Wildman–Crippen MR) is 219 cm³/mol. The van der Waals surface area contributed by atoms with Crippen LogP contribution in [0.15, 0.2) is 36.6 Å². The van der Waals surface area contributed by atoms with Crippen LogP contribution in [-0.2, 0) is 27.9 Å². The van der Waals surface area contributed by atoms with Crippen molar-refractivity contribution in [3.8, 4) is 0 Å². The number of rotatable bonds is 41. The quantitative estimate of drug-likeness (QED) is 0.0208. The van der Waals surface area contributed by atoms with Crippen LogP contribution in [0.1, 0.15) is 200 Å². The van der Waals surface area contributed by atoms with E-state index in [-0.39, 0.29) is 32.3 Å². The molecule has 52 heavy (non-hydrogen) atoms. The molecule has 0 aliphatic carbocycles. The summed E-state index contributed by atoms with van der Waals surface area (Å²) in [5, 5.41) is 0. The lowest BCUT2D eigenvalue weighted by Crippen LogP contribution is -2.27. The lowest BCUT2D eigenvalue weighted by molar-refractivity contribution is -0.153. The van der Waals surface area contributed by atoms with Gasteiger partial charge in [0.15, 0.2) is 6.10 Å². The Hall–Kier alpha value is -1.44. The Morgan fingerprint density at radius 1 is 0.596 bits per heavy atom. The van der Waals surface area contributed by atoms with E-state index in [9.17, 15) is 14.3 Å². The molecule has 0 saturated carbocycles. The maximum atomic E-state index is 12.6. The molecule has 0 spiro atoms. The zero-order chi connectivity index (χ0) is 38.1. The van der Waals surface area contributed by atoms with E-state index in [2.05, 4.69) is 38.2 Å². The maximum absolute atomic E-state index is 12.6. The van der Waals surface area contributed by atoms with Crippen LogP contribution in [0, 0.1) is 0 Å². The Kier molecular flexibility index (Phi) is 39.6. The highest BCUT2D eigenvalue weighted by atomic mass is 31.2. The van der Waals surface area contributed by atoms with E-state index < -0.39 is 13.9 Å². The molecule has 3 N–H and O–H groups in total. The third kappa shape index (κ3) is 39.8. The highest BCUT2D eigenvalue weighted by Crippen LogP contribution is 2.43. The third-order valence-electron chi connectivity index (χ3n) is 9.12. The highest BCUT2D eigenvalue weighted by Gasteiger charge is 2.25. The number of unbranched alkanes of at least 4 members (excludes halogenated alkanes) is 24. The van der Waals surface area contributed by atoms with E-state index in [0.29, 0.717) is 6.42 Å². The molecule has 9 heteroatoms. The summed E-state index contributed by atoms with van der Waals surface area (Å²) in [7, 11) is -4.29. The number of esters is 1. The first-order valence-corrected chi connectivity index (χ1v) is 23.0. The van der Waals surface area contributed by atoms with Gasteiger partial charge in [-0.3, -0.25) is 13.8 Å². The second-order valence-electron chi connectivity index (χ2n) is 14.3. The van der Waals surface area contributed by atoms with Crippen molar-refractivity contribution in [1.82, 2.24) is 0 Å². The van der Waals surface area contributed by atoms with Gasteiger partial charge in [-0.15, -0.1) is 0 Å². The molecule has 0 bridgehead atoms. The monoisotopic (exact) mass is 756 g/mol. The third-order valence-corrected chi connectivity index (χ3v) is 10.1. The molecule has 0 aromatic carbocycles. The fourth-order valence-electron chi connectivity index (χ4n) is 5.93. The van der Waals surface area contributed by atoms with Crippen molar-refractivity contribution in [3.05, 3.63) is 36.6 Å². The van der Waals surface area contributed by atoms with Crippen molar-refractivity contribution in [1.29, 1.82) is 0 Å². The van der Waals surface area contributed by atoms with Crippen molar-refractivity contribution >= 4 is 13.8 Å². The summed E-state index contributed by atoms with van der Waals surface area (Å²) < 4.78 is 33.2. The second-order valence-corrected chi connectivity index (χ2v) is 15.7. The Balaban J connectivity index is 4.07. The van der Waals surface area contributed by atoms with Crippen LogP contribution in [0.2, 0.25) is 0 Å². The van der Waals surface area contributed by atoms with E-state index in [1.807, 2.05) is 6.08 Å². The van der Waals surface area contributed by atoms with Crippen molar-refractivity contribution in [2.45, 2.75) is 206 Å². The molecule has 0 amide bonds. The first-order valence-electron chi connectivity index (χ1n) is 21.5. The molecule has 1 unspecified atom stereocenters. The molecular weight excluding hydrogens is 673 g/mol. The summed E-state index contributed by atoms with van der Waals surface area (Å²) in [6.07, 6.45) is 46.8. The fourth-order valence-corrected chi connectivity index (χ4v) is 6.70. The van der Waals surface area contributed by atoms with Crippen LogP contribution in [0.25, 0.3) is 0 Å². The number of carbonyl (C=O) groups is 1. The Labute approximate surface area is 320 Å². The van der Waals surface area contributed by atoms with Crippen LogP contribution >= 0.6 is 7.82 Å². The average Bonchev–Trinajstić information content (AvgIpc) is 3.13. The first-order chi connectivity index (χ1) is 25.4.